The number of nitrogens with one attached hydrogen (secondary N) is 1. The van der Waals surface area contributed by atoms with E-state index in [0.29, 0.717) is 5.92 Å². The van der Waals surface area contributed by atoms with E-state index >= 15 is 0 Å². The fourth-order valence-corrected chi connectivity index (χ4v) is 2.26. The highest BCUT2D eigenvalue weighted by Crippen LogP contribution is 2.16. The molecule has 0 amide bonds. The Morgan fingerprint density at radius 1 is 1.60 bits per heavy atom. The number of ether oxygens (including phenoxy) is 1. The van der Waals surface area contributed by atoms with Gasteiger partial charge in [0, 0.05) is 31.2 Å². The van der Waals surface area contributed by atoms with Crippen molar-refractivity contribution < 1.29 is 9.66 Å². The molecule has 0 aromatic carbocycles. The van der Waals surface area contributed by atoms with E-state index in [4.69, 9.17) is 4.74 Å². The lowest BCUT2D eigenvalue weighted by Crippen LogP contribution is -2.43. The maximum atomic E-state index is 10.5. The van der Waals surface area contributed by atoms with E-state index in [1.54, 1.807) is 0 Å². The van der Waals surface area contributed by atoms with E-state index < -0.39 is 0 Å². The Morgan fingerprint density at radius 2 is 2.47 bits per heavy atom. The van der Waals surface area contributed by atoms with Crippen molar-refractivity contribution in [1.29, 1.82) is 0 Å². The molecule has 2 heterocycles. The number of nitrogens with zero attached hydrogens (tertiary/aromatic N) is 2. The van der Waals surface area contributed by atoms with Crippen molar-refractivity contribution in [3.05, 3.63) is 10.1 Å². The standard InChI is InChI=1S/C9H17N3O3/c13-12(14)6-9-10-2-3-11(9)5-8-1-4-15-7-8/h8-10H,1-7H2. The molecular formula is C9H17N3O3. The molecule has 2 aliphatic rings. The van der Waals surface area contributed by atoms with Gasteiger partial charge in [-0.3, -0.25) is 20.3 Å². The quantitative estimate of drug-likeness (QED) is 0.507. The van der Waals surface area contributed by atoms with Crippen LogP contribution in [0.3, 0.4) is 0 Å². The van der Waals surface area contributed by atoms with Crippen LogP contribution in [0.25, 0.3) is 0 Å². The molecule has 2 rings (SSSR count). The van der Waals surface area contributed by atoms with Crippen LogP contribution in [0.4, 0.5) is 0 Å². The summed E-state index contributed by atoms with van der Waals surface area (Å²) in [5, 5.41) is 13.6. The molecule has 0 saturated carbocycles. The van der Waals surface area contributed by atoms with Crippen LogP contribution in [0.5, 0.6) is 0 Å². The van der Waals surface area contributed by atoms with Crippen molar-refractivity contribution in [2.24, 2.45) is 5.92 Å². The lowest BCUT2D eigenvalue weighted by molar-refractivity contribution is -0.487. The van der Waals surface area contributed by atoms with Crippen LogP contribution in [0, 0.1) is 16.0 Å². The molecule has 0 radical (unpaired) electrons. The summed E-state index contributed by atoms with van der Waals surface area (Å²) in [5.41, 5.74) is 0. The highest BCUT2D eigenvalue weighted by Gasteiger charge is 2.30. The van der Waals surface area contributed by atoms with Gasteiger partial charge in [0.05, 0.1) is 6.61 Å². The lowest BCUT2D eigenvalue weighted by atomic mass is 10.1. The minimum absolute atomic E-state index is 0.00637. The fourth-order valence-electron chi connectivity index (χ4n) is 2.26. The number of hydrogen-bond donors (Lipinski definition) is 1. The van der Waals surface area contributed by atoms with Crippen molar-refractivity contribution in [2.75, 3.05) is 39.4 Å². The molecule has 86 valence electrons. The van der Waals surface area contributed by atoms with Gasteiger partial charge in [0.2, 0.25) is 6.54 Å². The first-order valence-electron chi connectivity index (χ1n) is 5.42. The van der Waals surface area contributed by atoms with Crippen molar-refractivity contribution in [3.8, 4) is 0 Å². The monoisotopic (exact) mass is 215 g/mol. The average molecular weight is 215 g/mol. The molecule has 0 aromatic rings. The minimum Gasteiger partial charge on any atom is -0.381 e. The first-order chi connectivity index (χ1) is 7.25. The second-order valence-corrected chi connectivity index (χ2v) is 4.21. The van der Waals surface area contributed by atoms with E-state index in [9.17, 15) is 10.1 Å². The van der Waals surface area contributed by atoms with Gasteiger partial charge in [0.25, 0.3) is 0 Å². The maximum Gasteiger partial charge on any atom is 0.232 e. The van der Waals surface area contributed by atoms with Crippen molar-refractivity contribution in [3.63, 3.8) is 0 Å². The van der Waals surface area contributed by atoms with Crippen LogP contribution < -0.4 is 5.32 Å². The van der Waals surface area contributed by atoms with Crippen LogP contribution in [0.1, 0.15) is 6.42 Å². The van der Waals surface area contributed by atoms with Gasteiger partial charge in [-0.1, -0.05) is 0 Å². The SMILES string of the molecule is O=[N+]([O-])CC1NCCN1CC1CCOC1. The molecule has 0 aromatic heterocycles. The predicted octanol–water partition coefficient (Wildman–Crippen LogP) is -0.469. The van der Waals surface area contributed by atoms with E-state index in [1.165, 1.54) is 0 Å². The molecule has 1 N–H and O–H groups in total. The first-order valence-corrected chi connectivity index (χ1v) is 5.42. The fraction of sp³-hybridized carbons (Fsp3) is 1.00. The lowest BCUT2D eigenvalue weighted by Gasteiger charge is -2.23. The van der Waals surface area contributed by atoms with E-state index in [1.807, 2.05) is 0 Å². The molecule has 2 fully saturated rings. The van der Waals surface area contributed by atoms with Crippen molar-refractivity contribution in [1.82, 2.24) is 10.2 Å². The zero-order valence-corrected chi connectivity index (χ0v) is 8.72. The molecular weight excluding hydrogens is 198 g/mol. The number of nitro groups is 1. The van der Waals surface area contributed by atoms with Gasteiger partial charge in [-0.05, 0) is 12.3 Å². The van der Waals surface area contributed by atoms with E-state index in [0.717, 1.165) is 39.3 Å². The average Bonchev–Trinajstić information content (AvgIpc) is 2.78. The summed E-state index contributed by atoms with van der Waals surface area (Å²) in [7, 11) is 0. The normalized spacial score (nSPS) is 32.3. The van der Waals surface area contributed by atoms with Crippen LogP contribution in [0.2, 0.25) is 0 Å². The Kier molecular flexibility index (Phi) is 3.50. The highest BCUT2D eigenvalue weighted by molar-refractivity contribution is 4.80. The van der Waals surface area contributed by atoms with E-state index in [-0.39, 0.29) is 17.6 Å². The number of hydrogen-bond acceptors (Lipinski definition) is 5. The first kappa shape index (κ1) is 10.8. The smallest absolute Gasteiger partial charge is 0.232 e. The Morgan fingerprint density at radius 3 is 3.13 bits per heavy atom. The van der Waals surface area contributed by atoms with Crippen molar-refractivity contribution in [2.45, 2.75) is 12.6 Å². The number of rotatable bonds is 4. The largest absolute Gasteiger partial charge is 0.381 e. The van der Waals surface area contributed by atoms with Crippen molar-refractivity contribution >= 4 is 0 Å². The Labute approximate surface area is 88.7 Å². The Hall–Kier alpha value is -0.720. The molecule has 6 heteroatoms. The molecule has 2 unspecified atom stereocenters. The van der Waals surface area contributed by atoms with Gasteiger partial charge in [0.15, 0.2) is 0 Å². The van der Waals surface area contributed by atoms with Gasteiger partial charge in [0.1, 0.15) is 6.17 Å². The van der Waals surface area contributed by atoms with Crippen LogP contribution >= 0.6 is 0 Å². The Bertz CT molecular complexity index is 231. The molecule has 15 heavy (non-hydrogen) atoms. The summed E-state index contributed by atoms with van der Waals surface area (Å²) in [4.78, 5) is 12.4. The zero-order chi connectivity index (χ0) is 10.7. The third kappa shape index (κ3) is 2.87. The molecule has 2 atom stereocenters. The summed E-state index contributed by atoms with van der Waals surface area (Å²) in [6, 6.07) is 0. The third-order valence-electron chi connectivity index (χ3n) is 3.06. The minimum atomic E-state index is -0.249. The summed E-state index contributed by atoms with van der Waals surface area (Å²) < 4.78 is 5.30. The van der Waals surface area contributed by atoms with Crippen LogP contribution in [0.15, 0.2) is 0 Å². The predicted molar refractivity (Wildman–Crippen MR) is 54.2 cm³/mol. The van der Waals surface area contributed by atoms with Crippen LogP contribution in [-0.2, 0) is 4.74 Å². The second kappa shape index (κ2) is 4.87. The third-order valence-corrected chi connectivity index (χ3v) is 3.06. The molecule has 2 saturated heterocycles. The molecule has 0 aliphatic carbocycles. The van der Waals surface area contributed by atoms with Gasteiger partial charge >= 0.3 is 0 Å². The molecule has 0 spiro atoms. The second-order valence-electron chi connectivity index (χ2n) is 4.21. The van der Waals surface area contributed by atoms with Gasteiger partial charge in [-0.2, -0.15) is 0 Å². The highest BCUT2D eigenvalue weighted by atomic mass is 16.6. The molecule has 6 nitrogen and oxygen atoms in total. The summed E-state index contributed by atoms with van der Waals surface area (Å²) in [5.74, 6) is 0.555. The molecule has 2 aliphatic heterocycles. The zero-order valence-electron chi connectivity index (χ0n) is 8.72. The maximum absolute atomic E-state index is 10.5. The van der Waals surface area contributed by atoms with Gasteiger partial charge in [-0.15, -0.1) is 0 Å². The topological polar surface area (TPSA) is 67.6 Å². The van der Waals surface area contributed by atoms with Gasteiger partial charge < -0.3 is 4.74 Å². The summed E-state index contributed by atoms with van der Waals surface area (Å²) in [6.45, 7) is 4.33. The van der Waals surface area contributed by atoms with E-state index in [2.05, 4.69) is 10.2 Å². The summed E-state index contributed by atoms with van der Waals surface area (Å²) >= 11 is 0. The molecule has 0 bridgehead atoms. The van der Waals surface area contributed by atoms with Gasteiger partial charge in [-0.25, -0.2) is 0 Å². The van der Waals surface area contributed by atoms with Crippen LogP contribution in [-0.4, -0.2) is 55.4 Å². The summed E-state index contributed by atoms with van der Waals surface area (Å²) in [6.07, 6.45) is 1.00. The Balaban J connectivity index is 1.81.